The van der Waals surface area contributed by atoms with Gasteiger partial charge in [0.15, 0.2) is 0 Å². The van der Waals surface area contributed by atoms with Crippen molar-refractivity contribution in [2.45, 2.75) is 33.8 Å². The van der Waals surface area contributed by atoms with E-state index in [9.17, 15) is 9.90 Å². The van der Waals surface area contributed by atoms with Gasteiger partial charge in [-0.3, -0.25) is 4.79 Å². The van der Waals surface area contributed by atoms with Gasteiger partial charge >= 0.3 is 5.97 Å². The molecular weight excluding hydrogens is 244 g/mol. The molecule has 0 radical (unpaired) electrons. The van der Waals surface area contributed by atoms with Gasteiger partial charge < -0.3 is 14.6 Å². The zero-order valence-corrected chi connectivity index (χ0v) is 12.0. The van der Waals surface area contributed by atoms with Gasteiger partial charge in [0, 0.05) is 0 Å². The first-order valence-corrected chi connectivity index (χ1v) is 6.51. The molecule has 1 unspecified atom stereocenters. The summed E-state index contributed by atoms with van der Waals surface area (Å²) >= 11 is 0. The van der Waals surface area contributed by atoms with Crippen LogP contribution in [0.3, 0.4) is 0 Å². The van der Waals surface area contributed by atoms with Crippen molar-refractivity contribution < 1.29 is 19.4 Å². The van der Waals surface area contributed by atoms with Crippen molar-refractivity contribution >= 4 is 5.97 Å². The van der Waals surface area contributed by atoms with Crippen LogP contribution in [0.4, 0.5) is 0 Å². The van der Waals surface area contributed by atoms with Gasteiger partial charge in [0.25, 0.3) is 0 Å². The summed E-state index contributed by atoms with van der Waals surface area (Å²) in [6.07, 6.45) is -0.938. The van der Waals surface area contributed by atoms with Crippen LogP contribution in [0.15, 0.2) is 24.3 Å². The maximum Gasteiger partial charge on any atom is 0.314 e. The fourth-order valence-electron chi connectivity index (χ4n) is 1.79. The molecule has 0 fully saturated rings. The van der Waals surface area contributed by atoms with E-state index >= 15 is 0 Å². The van der Waals surface area contributed by atoms with Crippen molar-refractivity contribution in [2.24, 2.45) is 5.41 Å². The highest BCUT2D eigenvalue weighted by atomic mass is 16.5. The number of benzene rings is 1. The van der Waals surface area contributed by atoms with Crippen LogP contribution in [0.5, 0.6) is 5.75 Å². The lowest BCUT2D eigenvalue weighted by Gasteiger charge is -2.28. The third-order valence-corrected chi connectivity index (χ3v) is 2.97. The summed E-state index contributed by atoms with van der Waals surface area (Å²) < 4.78 is 10.4. The minimum absolute atomic E-state index is 0.300. The Morgan fingerprint density at radius 2 is 2.00 bits per heavy atom. The Bertz CT molecular complexity index is 426. The topological polar surface area (TPSA) is 55.8 Å². The van der Waals surface area contributed by atoms with Crippen LogP contribution in [0.25, 0.3) is 0 Å². The van der Waals surface area contributed by atoms with Crippen molar-refractivity contribution in [2.75, 3.05) is 13.2 Å². The number of aliphatic hydroxyl groups is 1. The molecule has 106 valence electrons. The van der Waals surface area contributed by atoms with Crippen LogP contribution in [-0.2, 0) is 9.53 Å². The molecule has 0 heterocycles. The largest absolute Gasteiger partial charge is 0.494 e. The second kappa shape index (κ2) is 6.57. The molecule has 0 aliphatic carbocycles. The SMILES string of the molecule is CCOC(=O)C(C)(C)C(O)c1cccc(OCC)c1. The second-order valence-corrected chi connectivity index (χ2v) is 4.85. The third-order valence-electron chi connectivity index (χ3n) is 2.97. The lowest BCUT2D eigenvalue weighted by molar-refractivity contribution is -0.160. The molecule has 1 atom stereocenters. The Balaban J connectivity index is 2.95. The van der Waals surface area contributed by atoms with E-state index in [0.717, 1.165) is 0 Å². The molecule has 4 nitrogen and oxygen atoms in total. The molecule has 1 rings (SSSR count). The van der Waals surface area contributed by atoms with Crippen LogP contribution < -0.4 is 4.74 Å². The molecule has 0 aromatic heterocycles. The van der Waals surface area contributed by atoms with Gasteiger partial charge in [0.05, 0.1) is 24.7 Å². The van der Waals surface area contributed by atoms with E-state index in [-0.39, 0.29) is 0 Å². The summed E-state index contributed by atoms with van der Waals surface area (Å²) in [7, 11) is 0. The van der Waals surface area contributed by atoms with E-state index in [0.29, 0.717) is 24.5 Å². The molecule has 0 aliphatic heterocycles. The summed E-state index contributed by atoms with van der Waals surface area (Å²) in [5.41, 5.74) is -0.357. The van der Waals surface area contributed by atoms with Crippen LogP contribution in [0.1, 0.15) is 39.4 Å². The molecule has 0 amide bonds. The average Bonchev–Trinajstić information content (AvgIpc) is 2.38. The van der Waals surface area contributed by atoms with Gasteiger partial charge in [-0.2, -0.15) is 0 Å². The highest BCUT2D eigenvalue weighted by Crippen LogP contribution is 2.35. The van der Waals surface area contributed by atoms with E-state index in [1.54, 1.807) is 39.0 Å². The molecule has 0 spiro atoms. The van der Waals surface area contributed by atoms with Gasteiger partial charge in [-0.1, -0.05) is 12.1 Å². The molecular formula is C15H22O4. The molecule has 0 saturated carbocycles. The predicted octanol–water partition coefficient (Wildman–Crippen LogP) is 2.71. The van der Waals surface area contributed by atoms with E-state index < -0.39 is 17.5 Å². The molecule has 1 aromatic rings. The predicted molar refractivity (Wildman–Crippen MR) is 73.0 cm³/mol. The monoisotopic (exact) mass is 266 g/mol. The molecule has 1 aromatic carbocycles. The fraction of sp³-hybridized carbons (Fsp3) is 0.533. The maximum atomic E-state index is 11.9. The zero-order valence-electron chi connectivity index (χ0n) is 12.0. The smallest absolute Gasteiger partial charge is 0.314 e. The van der Waals surface area contributed by atoms with Crippen LogP contribution in [-0.4, -0.2) is 24.3 Å². The Kier molecular flexibility index (Phi) is 5.36. The molecule has 0 aliphatic rings. The van der Waals surface area contributed by atoms with Crippen molar-refractivity contribution in [1.82, 2.24) is 0 Å². The second-order valence-electron chi connectivity index (χ2n) is 4.85. The van der Waals surface area contributed by atoms with Crippen molar-refractivity contribution in [1.29, 1.82) is 0 Å². The van der Waals surface area contributed by atoms with Gasteiger partial charge in [0.1, 0.15) is 5.75 Å². The average molecular weight is 266 g/mol. The summed E-state index contributed by atoms with van der Waals surface area (Å²) in [4.78, 5) is 11.9. The Morgan fingerprint density at radius 1 is 1.32 bits per heavy atom. The molecule has 0 saturated heterocycles. The third kappa shape index (κ3) is 3.70. The van der Waals surface area contributed by atoms with E-state index in [1.165, 1.54) is 0 Å². The molecule has 1 N–H and O–H groups in total. The first kappa shape index (κ1) is 15.5. The quantitative estimate of drug-likeness (QED) is 0.804. The number of aliphatic hydroxyl groups excluding tert-OH is 1. The maximum absolute atomic E-state index is 11.9. The van der Waals surface area contributed by atoms with Crippen molar-refractivity contribution in [3.63, 3.8) is 0 Å². The van der Waals surface area contributed by atoms with Crippen molar-refractivity contribution in [3.8, 4) is 5.75 Å². The van der Waals surface area contributed by atoms with E-state index in [4.69, 9.17) is 9.47 Å². The first-order chi connectivity index (χ1) is 8.93. The van der Waals surface area contributed by atoms with Crippen molar-refractivity contribution in [3.05, 3.63) is 29.8 Å². The number of hydrogen-bond donors (Lipinski definition) is 1. The summed E-state index contributed by atoms with van der Waals surface area (Å²) in [6, 6.07) is 7.13. The minimum Gasteiger partial charge on any atom is -0.494 e. The highest BCUT2D eigenvalue weighted by Gasteiger charge is 2.38. The van der Waals surface area contributed by atoms with E-state index in [1.807, 2.05) is 13.0 Å². The Hall–Kier alpha value is -1.55. The van der Waals surface area contributed by atoms with Crippen LogP contribution in [0, 0.1) is 5.41 Å². The Labute approximate surface area is 114 Å². The lowest BCUT2D eigenvalue weighted by Crippen LogP contribution is -2.33. The fourth-order valence-corrected chi connectivity index (χ4v) is 1.79. The first-order valence-electron chi connectivity index (χ1n) is 6.51. The minimum atomic E-state index is -0.999. The molecule has 4 heteroatoms. The number of hydrogen-bond acceptors (Lipinski definition) is 4. The highest BCUT2D eigenvalue weighted by molar-refractivity contribution is 5.77. The normalized spacial score (nSPS) is 12.9. The number of carbonyl (C=O) groups is 1. The Morgan fingerprint density at radius 3 is 2.58 bits per heavy atom. The summed E-state index contributed by atoms with van der Waals surface area (Å²) in [5.74, 6) is 0.267. The number of rotatable bonds is 6. The van der Waals surface area contributed by atoms with E-state index in [2.05, 4.69) is 0 Å². The number of esters is 1. The number of carbonyl (C=O) groups excluding carboxylic acids is 1. The summed E-state index contributed by atoms with van der Waals surface area (Å²) in [5, 5.41) is 10.4. The van der Waals surface area contributed by atoms with Crippen LogP contribution in [0.2, 0.25) is 0 Å². The van der Waals surface area contributed by atoms with Gasteiger partial charge in [-0.05, 0) is 45.4 Å². The van der Waals surface area contributed by atoms with Gasteiger partial charge in [-0.15, -0.1) is 0 Å². The van der Waals surface area contributed by atoms with Gasteiger partial charge in [0.2, 0.25) is 0 Å². The molecule has 19 heavy (non-hydrogen) atoms. The lowest BCUT2D eigenvalue weighted by atomic mass is 9.82. The number of ether oxygens (including phenoxy) is 2. The van der Waals surface area contributed by atoms with Gasteiger partial charge in [-0.25, -0.2) is 0 Å². The summed E-state index contributed by atoms with van der Waals surface area (Å²) in [6.45, 7) is 7.84. The molecule has 0 bridgehead atoms. The zero-order chi connectivity index (χ0) is 14.5. The van der Waals surface area contributed by atoms with Crippen LogP contribution >= 0.6 is 0 Å². The standard InChI is InChI=1S/C15H22O4/c1-5-18-12-9-7-8-11(10-12)13(16)15(3,4)14(17)19-6-2/h7-10,13,16H,5-6H2,1-4H3.